The van der Waals surface area contributed by atoms with Gasteiger partial charge in [-0.25, -0.2) is 9.97 Å². The lowest BCUT2D eigenvalue weighted by atomic mass is 10.1. The first-order chi connectivity index (χ1) is 14.1. The minimum absolute atomic E-state index is 0.0598. The summed E-state index contributed by atoms with van der Waals surface area (Å²) in [6, 6.07) is 11.5. The van der Waals surface area contributed by atoms with Crippen molar-refractivity contribution in [2.24, 2.45) is 0 Å². The number of anilines is 1. The molecule has 1 aliphatic heterocycles. The van der Waals surface area contributed by atoms with Crippen molar-refractivity contribution in [2.45, 2.75) is 6.92 Å². The molecule has 1 fully saturated rings. The number of carbonyl (C=O) groups is 2. The van der Waals surface area contributed by atoms with Crippen LogP contribution in [0.25, 0.3) is 10.4 Å². The van der Waals surface area contributed by atoms with Crippen molar-refractivity contribution in [2.75, 3.05) is 31.6 Å². The number of aromatic nitrogens is 2. The summed E-state index contributed by atoms with van der Waals surface area (Å²) in [5.41, 5.74) is 2.37. The van der Waals surface area contributed by atoms with Gasteiger partial charge in [-0.15, -0.1) is 11.3 Å². The summed E-state index contributed by atoms with van der Waals surface area (Å²) in [5.74, 6) is -0.486. The predicted octanol–water partition coefficient (Wildman–Crippen LogP) is 3.24. The largest absolute Gasteiger partial charge is 0.378 e. The van der Waals surface area contributed by atoms with Gasteiger partial charge in [-0.05, 0) is 24.1 Å². The number of morpholine rings is 1. The molecule has 0 aliphatic carbocycles. The summed E-state index contributed by atoms with van der Waals surface area (Å²) >= 11 is 1.39. The third kappa shape index (κ3) is 4.03. The molecule has 0 saturated carbocycles. The van der Waals surface area contributed by atoms with Crippen LogP contribution in [0.4, 0.5) is 5.00 Å². The Labute approximate surface area is 172 Å². The molecule has 4 rings (SSSR count). The average Bonchev–Trinajstić information content (AvgIpc) is 3.10. The van der Waals surface area contributed by atoms with Crippen LogP contribution in [0.3, 0.4) is 0 Å². The first kappa shape index (κ1) is 19.2. The summed E-state index contributed by atoms with van der Waals surface area (Å²) in [4.78, 5) is 36.7. The molecule has 148 valence electrons. The fraction of sp³-hybridized carbons (Fsp3) is 0.238. The molecule has 0 unspecified atom stereocenters. The Hall–Kier alpha value is -3.10. The first-order valence-corrected chi connectivity index (χ1v) is 10.1. The number of hydrogen-bond donors (Lipinski definition) is 1. The molecule has 0 bridgehead atoms. The van der Waals surface area contributed by atoms with E-state index in [0.29, 0.717) is 36.9 Å². The molecule has 7 nitrogen and oxygen atoms in total. The van der Waals surface area contributed by atoms with Gasteiger partial charge in [0.1, 0.15) is 5.00 Å². The predicted molar refractivity (Wildman–Crippen MR) is 111 cm³/mol. The van der Waals surface area contributed by atoms with Crippen molar-refractivity contribution in [3.8, 4) is 10.4 Å². The van der Waals surface area contributed by atoms with E-state index in [1.807, 2.05) is 37.3 Å². The van der Waals surface area contributed by atoms with Crippen molar-refractivity contribution in [3.05, 3.63) is 65.7 Å². The van der Waals surface area contributed by atoms with E-state index in [2.05, 4.69) is 15.3 Å². The molecule has 2 amide bonds. The minimum Gasteiger partial charge on any atom is -0.378 e. The van der Waals surface area contributed by atoms with E-state index in [1.54, 1.807) is 11.0 Å². The standard InChI is InChI=1S/C21H20N4O3S/c1-14-16(21(27)25-10-12-28-13-11-25)20(24-19(26)18-22-8-5-9-23-18)29-17(14)15-6-3-2-4-7-15/h2-9H,10-13H2,1H3,(H,24,26). The van der Waals surface area contributed by atoms with Crippen molar-refractivity contribution in [1.82, 2.24) is 14.9 Å². The number of ether oxygens (including phenoxy) is 1. The normalized spacial score (nSPS) is 13.9. The number of hydrogen-bond acceptors (Lipinski definition) is 6. The summed E-state index contributed by atoms with van der Waals surface area (Å²) in [7, 11) is 0. The molecule has 1 N–H and O–H groups in total. The number of amides is 2. The van der Waals surface area contributed by atoms with Gasteiger partial charge in [-0.2, -0.15) is 0 Å². The minimum atomic E-state index is -0.442. The Bertz CT molecular complexity index is 1020. The second-order valence-corrected chi connectivity index (χ2v) is 7.58. The number of nitrogens with one attached hydrogen (secondary N) is 1. The summed E-state index contributed by atoms with van der Waals surface area (Å²) < 4.78 is 5.37. The molecule has 1 aliphatic rings. The van der Waals surface area contributed by atoms with Crippen LogP contribution in [0, 0.1) is 6.92 Å². The highest BCUT2D eigenvalue weighted by molar-refractivity contribution is 7.20. The Kier molecular flexibility index (Phi) is 5.64. The van der Waals surface area contributed by atoms with E-state index in [0.717, 1.165) is 16.0 Å². The van der Waals surface area contributed by atoms with Gasteiger partial charge < -0.3 is 15.0 Å². The molecule has 0 atom stereocenters. The van der Waals surface area contributed by atoms with Crippen LogP contribution in [0.1, 0.15) is 26.5 Å². The third-order valence-electron chi connectivity index (χ3n) is 4.69. The van der Waals surface area contributed by atoms with E-state index >= 15 is 0 Å². The van der Waals surface area contributed by atoms with E-state index in [4.69, 9.17) is 4.74 Å². The number of benzene rings is 1. The molecule has 2 aromatic heterocycles. The lowest BCUT2D eigenvalue weighted by Gasteiger charge is -2.27. The molecule has 29 heavy (non-hydrogen) atoms. The van der Waals surface area contributed by atoms with Gasteiger partial charge in [0.05, 0.1) is 18.8 Å². The lowest BCUT2D eigenvalue weighted by molar-refractivity contribution is 0.0303. The summed E-state index contributed by atoms with van der Waals surface area (Å²) in [6.45, 7) is 4.01. The maximum absolute atomic E-state index is 13.3. The van der Waals surface area contributed by atoms with Crippen LogP contribution in [0.15, 0.2) is 48.8 Å². The SMILES string of the molecule is Cc1c(-c2ccccc2)sc(NC(=O)c2ncccn2)c1C(=O)N1CCOCC1. The zero-order valence-electron chi connectivity index (χ0n) is 15.9. The van der Waals surface area contributed by atoms with Crippen LogP contribution in [0.5, 0.6) is 0 Å². The monoisotopic (exact) mass is 408 g/mol. The van der Waals surface area contributed by atoms with E-state index in [9.17, 15) is 9.59 Å². The van der Waals surface area contributed by atoms with Gasteiger partial charge in [-0.3, -0.25) is 9.59 Å². The Morgan fingerprint density at radius 2 is 1.76 bits per heavy atom. The van der Waals surface area contributed by atoms with Crippen LogP contribution >= 0.6 is 11.3 Å². The second-order valence-electron chi connectivity index (χ2n) is 6.56. The van der Waals surface area contributed by atoms with Gasteiger partial charge in [0.2, 0.25) is 5.82 Å². The second kappa shape index (κ2) is 8.50. The number of carbonyl (C=O) groups excluding carboxylic acids is 2. The summed E-state index contributed by atoms with van der Waals surface area (Å²) in [5, 5.41) is 3.36. The molecule has 1 aromatic carbocycles. The zero-order valence-corrected chi connectivity index (χ0v) is 16.7. The smallest absolute Gasteiger partial charge is 0.294 e. The van der Waals surface area contributed by atoms with Crippen LogP contribution in [-0.2, 0) is 4.74 Å². The highest BCUT2D eigenvalue weighted by Crippen LogP contribution is 2.40. The van der Waals surface area contributed by atoms with Gasteiger partial charge >= 0.3 is 0 Å². The quantitative estimate of drug-likeness (QED) is 0.716. The average molecular weight is 408 g/mol. The number of thiophene rings is 1. The molecule has 8 heteroatoms. The lowest BCUT2D eigenvalue weighted by Crippen LogP contribution is -2.41. The first-order valence-electron chi connectivity index (χ1n) is 9.29. The highest BCUT2D eigenvalue weighted by Gasteiger charge is 2.28. The van der Waals surface area contributed by atoms with Crippen LogP contribution in [-0.4, -0.2) is 53.0 Å². The molecule has 3 aromatic rings. The third-order valence-corrected chi connectivity index (χ3v) is 5.95. The van der Waals surface area contributed by atoms with Gasteiger partial charge in [-0.1, -0.05) is 30.3 Å². The molecular weight excluding hydrogens is 388 g/mol. The molecular formula is C21H20N4O3S. The molecule has 0 spiro atoms. The highest BCUT2D eigenvalue weighted by atomic mass is 32.1. The fourth-order valence-corrected chi connectivity index (χ4v) is 4.42. The molecule has 1 saturated heterocycles. The number of rotatable bonds is 4. The van der Waals surface area contributed by atoms with Crippen molar-refractivity contribution >= 4 is 28.2 Å². The molecule has 0 radical (unpaired) electrons. The zero-order chi connectivity index (χ0) is 20.2. The van der Waals surface area contributed by atoms with E-state index in [-0.39, 0.29) is 11.7 Å². The van der Waals surface area contributed by atoms with E-state index in [1.165, 1.54) is 23.7 Å². The van der Waals surface area contributed by atoms with Gasteiger partial charge in [0.15, 0.2) is 0 Å². The summed E-state index contributed by atoms with van der Waals surface area (Å²) in [6.07, 6.45) is 3.02. The molecule has 3 heterocycles. The van der Waals surface area contributed by atoms with Crippen molar-refractivity contribution < 1.29 is 14.3 Å². The maximum Gasteiger partial charge on any atom is 0.294 e. The Morgan fingerprint density at radius 3 is 2.45 bits per heavy atom. The fourth-order valence-electron chi connectivity index (χ4n) is 3.22. The van der Waals surface area contributed by atoms with Crippen LogP contribution < -0.4 is 5.32 Å². The van der Waals surface area contributed by atoms with E-state index < -0.39 is 5.91 Å². The topological polar surface area (TPSA) is 84.4 Å². The van der Waals surface area contributed by atoms with Gasteiger partial charge in [0.25, 0.3) is 11.8 Å². The Balaban J connectivity index is 1.73. The van der Waals surface area contributed by atoms with Crippen LogP contribution in [0.2, 0.25) is 0 Å². The number of nitrogens with zero attached hydrogens (tertiary/aromatic N) is 3. The maximum atomic E-state index is 13.3. The van der Waals surface area contributed by atoms with Crippen molar-refractivity contribution in [3.63, 3.8) is 0 Å². The Morgan fingerprint density at radius 1 is 1.07 bits per heavy atom. The van der Waals surface area contributed by atoms with Gasteiger partial charge in [0, 0.05) is 30.4 Å². The van der Waals surface area contributed by atoms with Crippen molar-refractivity contribution in [1.29, 1.82) is 0 Å².